The Bertz CT molecular complexity index is 1130. The highest BCUT2D eigenvalue weighted by molar-refractivity contribution is 7.20. The molecule has 0 saturated heterocycles. The van der Waals surface area contributed by atoms with E-state index in [1.165, 1.54) is 0 Å². The van der Waals surface area contributed by atoms with Crippen molar-refractivity contribution in [1.29, 1.82) is 0 Å². The first-order valence-corrected chi connectivity index (χ1v) is 9.69. The summed E-state index contributed by atoms with van der Waals surface area (Å²) in [7, 11) is 0. The van der Waals surface area contributed by atoms with Gasteiger partial charge in [-0.3, -0.25) is 9.59 Å². The van der Waals surface area contributed by atoms with Crippen LogP contribution in [0.3, 0.4) is 0 Å². The van der Waals surface area contributed by atoms with E-state index in [0.717, 1.165) is 34.6 Å². The molecule has 0 aliphatic rings. The van der Waals surface area contributed by atoms with Crippen molar-refractivity contribution in [1.82, 2.24) is 9.97 Å². The minimum atomic E-state index is -0.645. The Morgan fingerprint density at radius 1 is 1.25 bits per heavy atom. The van der Waals surface area contributed by atoms with Crippen LogP contribution in [-0.2, 0) is 16.0 Å². The smallest absolute Gasteiger partial charge is 0.349 e. The van der Waals surface area contributed by atoms with Crippen molar-refractivity contribution in [2.45, 2.75) is 34.1 Å². The molecule has 8 heteroatoms. The number of carbonyl (C=O) groups is 2. The maximum absolute atomic E-state index is 12.4. The molecular formula is C20H21N3O4S. The molecule has 2 aromatic heterocycles. The van der Waals surface area contributed by atoms with Crippen molar-refractivity contribution in [3.05, 3.63) is 55.9 Å². The minimum Gasteiger partial charge on any atom is -0.451 e. The first-order valence-electron chi connectivity index (χ1n) is 8.87. The van der Waals surface area contributed by atoms with Crippen LogP contribution in [0.5, 0.6) is 0 Å². The molecular weight excluding hydrogens is 378 g/mol. The van der Waals surface area contributed by atoms with E-state index in [4.69, 9.17) is 4.74 Å². The van der Waals surface area contributed by atoms with Crippen molar-refractivity contribution in [2.24, 2.45) is 0 Å². The Balaban J connectivity index is 1.74. The molecule has 1 amide bonds. The van der Waals surface area contributed by atoms with Crippen LogP contribution in [0.1, 0.15) is 39.1 Å². The summed E-state index contributed by atoms with van der Waals surface area (Å²) < 4.78 is 5.18. The van der Waals surface area contributed by atoms with Gasteiger partial charge in [0.25, 0.3) is 11.5 Å². The van der Waals surface area contributed by atoms with E-state index in [1.54, 1.807) is 13.8 Å². The second-order valence-corrected chi connectivity index (χ2v) is 7.47. The SMILES string of the molecule is CCc1cccc(C)c1NC(=O)COC(=O)c1sc2nc(C)[nH]c(=O)c2c1C. The monoisotopic (exact) mass is 399 g/mol. The van der Waals surface area contributed by atoms with E-state index >= 15 is 0 Å². The predicted molar refractivity (Wildman–Crippen MR) is 109 cm³/mol. The number of aromatic nitrogens is 2. The summed E-state index contributed by atoms with van der Waals surface area (Å²) in [5.74, 6) is -0.584. The number of ether oxygens (including phenoxy) is 1. The lowest BCUT2D eigenvalue weighted by molar-refractivity contribution is -0.119. The molecule has 146 valence electrons. The van der Waals surface area contributed by atoms with Gasteiger partial charge in [0, 0.05) is 5.69 Å². The number of nitrogens with zero attached hydrogens (tertiary/aromatic N) is 1. The molecule has 1 aromatic carbocycles. The number of benzene rings is 1. The van der Waals surface area contributed by atoms with Crippen LogP contribution in [0.25, 0.3) is 10.2 Å². The van der Waals surface area contributed by atoms with Gasteiger partial charge in [0.2, 0.25) is 0 Å². The van der Waals surface area contributed by atoms with E-state index in [9.17, 15) is 14.4 Å². The molecule has 2 N–H and O–H groups in total. The van der Waals surface area contributed by atoms with Crippen LogP contribution in [0.2, 0.25) is 0 Å². The lowest BCUT2D eigenvalue weighted by Gasteiger charge is -2.13. The van der Waals surface area contributed by atoms with Gasteiger partial charge in [-0.1, -0.05) is 25.1 Å². The van der Waals surface area contributed by atoms with Gasteiger partial charge < -0.3 is 15.0 Å². The number of fused-ring (bicyclic) bond motifs is 1. The standard InChI is InChI=1S/C20H21N3O4S/c1-5-13-8-6-7-10(2)16(13)23-14(24)9-27-20(26)17-11(3)15-18(25)21-12(4)22-19(15)28-17/h6-8H,5,9H2,1-4H3,(H,23,24)(H,21,22,25). The van der Waals surface area contributed by atoms with Gasteiger partial charge in [-0.15, -0.1) is 11.3 Å². The minimum absolute atomic E-state index is 0.275. The summed E-state index contributed by atoms with van der Waals surface area (Å²) in [5.41, 5.74) is 2.92. The third-order valence-corrected chi connectivity index (χ3v) is 5.61. The first-order chi connectivity index (χ1) is 13.3. The van der Waals surface area contributed by atoms with E-state index in [0.29, 0.717) is 21.6 Å². The number of aryl methyl sites for hydroxylation is 4. The summed E-state index contributed by atoms with van der Waals surface area (Å²) in [6, 6.07) is 5.79. The summed E-state index contributed by atoms with van der Waals surface area (Å²) >= 11 is 1.09. The molecule has 0 aliphatic heterocycles. The maximum atomic E-state index is 12.4. The number of nitrogens with one attached hydrogen (secondary N) is 2. The van der Waals surface area contributed by atoms with Gasteiger partial charge in [-0.05, 0) is 43.9 Å². The molecule has 0 saturated carbocycles. The van der Waals surface area contributed by atoms with Crippen molar-refractivity contribution in [2.75, 3.05) is 11.9 Å². The highest BCUT2D eigenvalue weighted by Gasteiger charge is 2.21. The number of aromatic amines is 1. The number of thiophene rings is 1. The first kappa shape index (κ1) is 19.8. The highest BCUT2D eigenvalue weighted by atomic mass is 32.1. The Labute approximate surface area is 165 Å². The quantitative estimate of drug-likeness (QED) is 0.641. The second-order valence-electron chi connectivity index (χ2n) is 6.47. The third-order valence-electron chi connectivity index (χ3n) is 4.44. The van der Waals surface area contributed by atoms with E-state index in [1.807, 2.05) is 32.0 Å². The van der Waals surface area contributed by atoms with Gasteiger partial charge in [0.15, 0.2) is 6.61 Å². The van der Waals surface area contributed by atoms with Crippen LogP contribution in [0.4, 0.5) is 5.69 Å². The fraction of sp³-hybridized carbons (Fsp3) is 0.300. The zero-order valence-corrected chi connectivity index (χ0v) is 17.0. The lowest BCUT2D eigenvalue weighted by atomic mass is 10.1. The topological polar surface area (TPSA) is 101 Å². The number of hydrogen-bond donors (Lipinski definition) is 2. The normalized spacial score (nSPS) is 10.9. The molecule has 2 heterocycles. The molecule has 0 bridgehead atoms. The highest BCUT2D eigenvalue weighted by Crippen LogP contribution is 2.27. The fourth-order valence-electron chi connectivity index (χ4n) is 3.02. The van der Waals surface area contributed by atoms with Crippen molar-refractivity contribution in [3.63, 3.8) is 0 Å². The maximum Gasteiger partial charge on any atom is 0.349 e. The zero-order valence-electron chi connectivity index (χ0n) is 16.1. The number of rotatable bonds is 5. The lowest BCUT2D eigenvalue weighted by Crippen LogP contribution is -2.22. The summed E-state index contributed by atoms with van der Waals surface area (Å²) in [4.78, 5) is 44.5. The van der Waals surface area contributed by atoms with Crippen molar-refractivity contribution in [3.8, 4) is 0 Å². The largest absolute Gasteiger partial charge is 0.451 e. The molecule has 0 unspecified atom stereocenters. The number of hydrogen-bond acceptors (Lipinski definition) is 6. The molecule has 0 radical (unpaired) electrons. The molecule has 0 spiro atoms. The van der Waals surface area contributed by atoms with Crippen LogP contribution in [-0.4, -0.2) is 28.5 Å². The Morgan fingerprint density at radius 2 is 2.00 bits per heavy atom. The summed E-state index contributed by atoms with van der Waals surface area (Å²) in [5, 5.41) is 3.19. The average Bonchev–Trinajstić information content (AvgIpc) is 2.98. The molecule has 28 heavy (non-hydrogen) atoms. The number of para-hydroxylation sites is 1. The number of anilines is 1. The Kier molecular flexibility index (Phi) is 5.60. The molecule has 7 nitrogen and oxygen atoms in total. The van der Waals surface area contributed by atoms with Gasteiger partial charge in [-0.25, -0.2) is 9.78 Å². The summed E-state index contributed by atoms with van der Waals surface area (Å²) in [6.07, 6.45) is 0.777. The second kappa shape index (κ2) is 7.93. The summed E-state index contributed by atoms with van der Waals surface area (Å²) in [6.45, 7) is 6.85. The predicted octanol–water partition coefficient (Wildman–Crippen LogP) is 3.27. The van der Waals surface area contributed by atoms with E-state index < -0.39 is 18.5 Å². The van der Waals surface area contributed by atoms with Gasteiger partial charge in [0.1, 0.15) is 15.5 Å². The van der Waals surface area contributed by atoms with Crippen LogP contribution < -0.4 is 10.9 Å². The molecule has 0 aliphatic carbocycles. The number of esters is 1. The van der Waals surface area contributed by atoms with E-state index in [-0.39, 0.29) is 10.4 Å². The molecule has 3 rings (SSSR count). The molecule has 0 fully saturated rings. The average molecular weight is 399 g/mol. The van der Waals surface area contributed by atoms with Gasteiger partial charge >= 0.3 is 5.97 Å². The number of amides is 1. The number of H-pyrrole nitrogens is 1. The molecule has 3 aromatic rings. The van der Waals surface area contributed by atoms with Crippen LogP contribution in [0, 0.1) is 20.8 Å². The number of carbonyl (C=O) groups excluding carboxylic acids is 2. The van der Waals surface area contributed by atoms with Crippen LogP contribution in [0.15, 0.2) is 23.0 Å². The Hall–Kier alpha value is -3.00. The zero-order chi connectivity index (χ0) is 20.4. The van der Waals surface area contributed by atoms with Crippen LogP contribution >= 0.6 is 11.3 Å². The van der Waals surface area contributed by atoms with Gasteiger partial charge in [0.05, 0.1) is 5.39 Å². The fourth-order valence-corrected chi connectivity index (χ4v) is 4.14. The molecule has 0 atom stereocenters. The van der Waals surface area contributed by atoms with Gasteiger partial charge in [-0.2, -0.15) is 0 Å². The van der Waals surface area contributed by atoms with Crippen molar-refractivity contribution >= 4 is 39.1 Å². The third kappa shape index (κ3) is 3.82. The Morgan fingerprint density at radius 3 is 2.71 bits per heavy atom. The van der Waals surface area contributed by atoms with Crippen molar-refractivity contribution < 1.29 is 14.3 Å². The van der Waals surface area contributed by atoms with E-state index in [2.05, 4.69) is 15.3 Å².